The zero-order chi connectivity index (χ0) is 14.8. The number of carbonyl (C=O) groups is 2. The van der Waals surface area contributed by atoms with Gasteiger partial charge in [0.1, 0.15) is 0 Å². The number of aromatic nitrogens is 1. The Morgan fingerprint density at radius 1 is 1.60 bits per heavy atom. The molecule has 2 unspecified atom stereocenters. The molecule has 1 fully saturated rings. The second-order valence-electron chi connectivity index (χ2n) is 5.36. The van der Waals surface area contributed by atoms with Crippen LogP contribution < -0.4 is 10.6 Å². The molecule has 1 saturated carbocycles. The highest BCUT2D eigenvalue weighted by atomic mass is 32.1. The number of carboxylic acids is 1. The van der Waals surface area contributed by atoms with Crippen molar-refractivity contribution in [3.05, 3.63) is 16.1 Å². The first-order valence-corrected chi connectivity index (χ1v) is 7.48. The number of aryl methyl sites for hydroxylation is 1. The molecule has 2 amide bonds. The van der Waals surface area contributed by atoms with Crippen molar-refractivity contribution in [1.29, 1.82) is 0 Å². The Kier molecular flexibility index (Phi) is 4.27. The maximum Gasteiger partial charge on any atom is 0.315 e. The maximum absolute atomic E-state index is 11.9. The first kappa shape index (κ1) is 14.8. The van der Waals surface area contributed by atoms with E-state index < -0.39 is 11.4 Å². The van der Waals surface area contributed by atoms with Gasteiger partial charge in [0.15, 0.2) is 0 Å². The Labute approximate surface area is 121 Å². The Morgan fingerprint density at radius 3 is 2.95 bits per heavy atom. The van der Waals surface area contributed by atoms with Gasteiger partial charge in [0.05, 0.1) is 23.2 Å². The summed E-state index contributed by atoms with van der Waals surface area (Å²) in [5.41, 5.74) is 1.78. The molecule has 7 heteroatoms. The van der Waals surface area contributed by atoms with Crippen LogP contribution in [0.5, 0.6) is 0 Å². The van der Waals surface area contributed by atoms with Crippen LogP contribution >= 0.6 is 11.3 Å². The summed E-state index contributed by atoms with van der Waals surface area (Å²) in [7, 11) is 0. The average Bonchev–Trinajstić information content (AvgIpc) is 2.95. The van der Waals surface area contributed by atoms with Gasteiger partial charge in [-0.15, -0.1) is 11.3 Å². The lowest BCUT2D eigenvalue weighted by molar-refractivity contribution is -0.148. The summed E-state index contributed by atoms with van der Waals surface area (Å²) < 4.78 is 0. The average molecular weight is 297 g/mol. The van der Waals surface area contributed by atoms with Gasteiger partial charge in [-0.1, -0.05) is 6.42 Å². The van der Waals surface area contributed by atoms with Gasteiger partial charge in [0, 0.05) is 10.9 Å². The molecule has 2 rings (SSSR count). The van der Waals surface area contributed by atoms with E-state index in [1.807, 2.05) is 6.92 Å². The van der Waals surface area contributed by atoms with Gasteiger partial charge in [0.25, 0.3) is 0 Å². The number of amides is 2. The van der Waals surface area contributed by atoms with Crippen LogP contribution in [0.1, 0.15) is 36.8 Å². The smallest absolute Gasteiger partial charge is 0.315 e. The van der Waals surface area contributed by atoms with Crippen LogP contribution in [0.3, 0.4) is 0 Å². The molecule has 0 radical (unpaired) electrons. The maximum atomic E-state index is 11.9. The molecular formula is C13H19N3O3S. The summed E-state index contributed by atoms with van der Waals surface area (Å²) in [5.74, 6) is -0.849. The van der Waals surface area contributed by atoms with Gasteiger partial charge in [-0.2, -0.15) is 0 Å². The highest BCUT2D eigenvalue weighted by Crippen LogP contribution is 2.38. The first-order valence-electron chi connectivity index (χ1n) is 6.60. The Hall–Kier alpha value is -1.63. The van der Waals surface area contributed by atoms with Crippen molar-refractivity contribution in [2.45, 2.75) is 45.7 Å². The summed E-state index contributed by atoms with van der Waals surface area (Å²) in [5, 5.41) is 14.8. The molecular weight excluding hydrogens is 278 g/mol. The SMILES string of the molecule is Cc1ncsc1CNC(=O)NC1CCCC1(C)C(=O)O. The van der Waals surface area contributed by atoms with E-state index in [-0.39, 0.29) is 12.1 Å². The standard InChI is InChI=1S/C13H19N3O3S/c1-8-9(20-7-15-8)6-14-12(19)16-10-4-3-5-13(10,2)11(17)18/h7,10H,3-6H2,1-2H3,(H,17,18)(H2,14,16,19). The van der Waals surface area contributed by atoms with E-state index in [2.05, 4.69) is 15.6 Å². The molecule has 20 heavy (non-hydrogen) atoms. The molecule has 0 aromatic carbocycles. The van der Waals surface area contributed by atoms with Crippen LogP contribution in [-0.4, -0.2) is 28.1 Å². The second kappa shape index (κ2) is 5.78. The molecule has 1 heterocycles. The van der Waals surface area contributed by atoms with Crippen molar-refractivity contribution in [1.82, 2.24) is 15.6 Å². The monoisotopic (exact) mass is 297 g/mol. The van der Waals surface area contributed by atoms with Gasteiger partial charge in [-0.05, 0) is 26.7 Å². The number of hydrogen-bond donors (Lipinski definition) is 3. The first-order chi connectivity index (χ1) is 9.43. The van der Waals surface area contributed by atoms with E-state index in [1.165, 1.54) is 11.3 Å². The minimum absolute atomic E-state index is 0.317. The number of aliphatic carboxylic acids is 1. The van der Waals surface area contributed by atoms with E-state index in [0.29, 0.717) is 19.4 Å². The molecule has 2 atom stereocenters. The molecule has 0 bridgehead atoms. The number of nitrogens with zero attached hydrogens (tertiary/aromatic N) is 1. The minimum atomic E-state index is -0.863. The summed E-state index contributed by atoms with van der Waals surface area (Å²) in [6, 6.07) is -0.639. The van der Waals surface area contributed by atoms with Crippen molar-refractivity contribution in [3.63, 3.8) is 0 Å². The number of carbonyl (C=O) groups excluding carboxylic acids is 1. The molecule has 6 nitrogen and oxygen atoms in total. The quantitative estimate of drug-likeness (QED) is 0.791. The molecule has 1 aromatic rings. The summed E-state index contributed by atoms with van der Waals surface area (Å²) in [6.07, 6.45) is 2.12. The van der Waals surface area contributed by atoms with Gasteiger partial charge in [-0.25, -0.2) is 9.78 Å². The molecule has 3 N–H and O–H groups in total. The fraction of sp³-hybridized carbons (Fsp3) is 0.615. The molecule has 0 aliphatic heterocycles. The predicted octanol–water partition coefficient (Wildman–Crippen LogP) is 1.89. The molecule has 110 valence electrons. The van der Waals surface area contributed by atoms with Crippen LogP contribution in [-0.2, 0) is 11.3 Å². The number of urea groups is 1. The van der Waals surface area contributed by atoms with Crippen molar-refractivity contribution in [2.24, 2.45) is 5.41 Å². The minimum Gasteiger partial charge on any atom is -0.481 e. The lowest BCUT2D eigenvalue weighted by atomic mass is 9.85. The van der Waals surface area contributed by atoms with Gasteiger partial charge in [-0.3, -0.25) is 4.79 Å². The fourth-order valence-corrected chi connectivity index (χ4v) is 3.24. The van der Waals surface area contributed by atoms with Crippen molar-refractivity contribution in [3.8, 4) is 0 Å². The van der Waals surface area contributed by atoms with Crippen molar-refractivity contribution in [2.75, 3.05) is 0 Å². The molecule has 1 aliphatic carbocycles. The third-order valence-electron chi connectivity index (χ3n) is 4.01. The lowest BCUT2D eigenvalue weighted by Crippen LogP contribution is -2.50. The van der Waals surface area contributed by atoms with Crippen molar-refractivity contribution < 1.29 is 14.7 Å². The van der Waals surface area contributed by atoms with Gasteiger partial charge in [0.2, 0.25) is 0 Å². The Balaban J connectivity index is 1.88. The van der Waals surface area contributed by atoms with Crippen LogP contribution in [0, 0.1) is 12.3 Å². The van der Waals surface area contributed by atoms with Crippen molar-refractivity contribution >= 4 is 23.3 Å². The fourth-order valence-electron chi connectivity index (χ4n) is 2.52. The zero-order valence-electron chi connectivity index (χ0n) is 11.6. The lowest BCUT2D eigenvalue weighted by Gasteiger charge is -2.27. The Morgan fingerprint density at radius 2 is 2.35 bits per heavy atom. The summed E-state index contributed by atoms with van der Waals surface area (Å²) in [4.78, 5) is 28.3. The molecule has 1 aromatic heterocycles. The summed E-state index contributed by atoms with van der Waals surface area (Å²) >= 11 is 1.49. The summed E-state index contributed by atoms with van der Waals surface area (Å²) in [6.45, 7) is 4.00. The normalized spacial score (nSPS) is 25.4. The van der Waals surface area contributed by atoms with Crippen LogP contribution in [0.15, 0.2) is 5.51 Å². The van der Waals surface area contributed by atoms with Gasteiger partial charge >= 0.3 is 12.0 Å². The molecule has 1 aliphatic rings. The van der Waals surface area contributed by atoms with E-state index in [1.54, 1.807) is 12.4 Å². The van der Waals surface area contributed by atoms with Crippen LogP contribution in [0.4, 0.5) is 4.79 Å². The highest BCUT2D eigenvalue weighted by molar-refractivity contribution is 7.09. The van der Waals surface area contributed by atoms with E-state index >= 15 is 0 Å². The van der Waals surface area contributed by atoms with Crippen LogP contribution in [0.2, 0.25) is 0 Å². The predicted molar refractivity (Wildman–Crippen MR) is 75.6 cm³/mol. The van der Waals surface area contributed by atoms with Gasteiger partial charge < -0.3 is 15.7 Å². The number of hydrogen-bond acceptors (Lipinski definition) is 4. The number of rotatable bonds is 4. The third-order valence-corrected chi connectivity index (χ3v) is 4.94. The number of carboxylic acid groups (broad SMARTS) is 1. The largest absolute Gasteiger partial charge is 0.481 e. The molecule has 0 spiro atoms. The van der Waals surface area contributed by atoms with E-state index in [4.69, 9.17) is 0 Å². The topological polar surface area (TPSA) is 91.3 Å². The van der Waals surface area contributed by atoms with Crippen LogP contribution in [0.25, 0.3) is 0 Å². The number of thiazole rings is 1. The molecule has 0 saturated heterocycles. The van der Waals surface area contributed by atoms with E-state index in [0.717, 1.165) is 17.0 Å². The van der Waals surface area contributed by atoms with E-state index in [9.17, 15) is 14.7 Å². The number of nitrogens with one attached hydrogen (secondary N) is 2. The highest BCUT2D eigenvalue weighted by Gasteiger charge is 2.45. The zero-order valence-corrected chi connectivity index (χ0v) is 12.4. The second-order valence-corrected chi connectivity index (χ2v) is 6.29. The Bertz CT molecular complexity index is 517. The third kappa shape index (κ3) is 2.92.